The van der Waals surface area contributed by atoms with E-state index in [2.05, 4.69) is 22.4 Å². The quantitative estimate of drug-likeness (QED) is 0.890. The first-order valence-electron chi connectivity index (χ1n) is 6.88. The van der Waals surface area contributed by atoms with E-state index in [0.29, 0.717) is 12.1 Å². The smallest absolute Gasteiger partial charge is 0.0334 e. The topological polar surface area (TPSA) is 29.3 Å². The van der Waals surface area contributed by atoms with E-state index in [4.69, 9.17) is 5.73 Å². The van der Waals surface area contributed by atoms with Gasteiger partial charge >= 0.3 is 0 Å². The molecule has 2 nitrogen and oxygen atoms in total. The molecule has 1 aromatic heterocycles. The maximum atomic E-state index is 6.34. The minimum atomic E-state index is 0.407. The lowest BCUT2D eigenvalue weighted by Gasteiger charge is -2.38. The van der Waals surface area contributed by atoms with Gasteiger partial charge < -0.3 is 5.73 Å². The number of hydrogen-bond donors (Lipinski definition) is 1. The van der Waals surface area contributed by atoms with E-state index in [1.54, 1.807) is 0 Å². The van der Waals surface area contributed by atoms with Crippen LogP contribution in [0.1, 0.15) is 43.4 Å². The van der Waals surface area contributed by atoms with Crippen molar-refractivity contribution in [3.8, 4) is 0 Å². The second kappa shape index (κ2) is 5.09. The predicted octanol–water partition coefficient (Wildman–Crippen LogP) is 2.98. The molecule has 3 heteroatoms. The first kappa shape index (κ1) is 11.7. The standard InChI is InChI=1S/C14H22N2S/c15-13-5-1-2-6-14(13)16(11-7-8-11)10-12-4-3-9-17-12/h3-4,9,11,13-14H,1-2,5-8,10,15H2. The van der Waals surface area contributed by atoms with Crippen LogP contribution in [0.25, 0.3) is 0 Å². The molecule has 0 aromatic carbocycles. The van der Waals surface area contributed by atoms with Gasteiger partial charge in [-0.15, -0.1) is 11.3 Å². The average molecular weight is 250 g/mol. The average Bonchev–Trinajstić information content (AvgIpc) is 3.05. The van der Waals surface area contributed by atoms with Crippen LogP contribution in [0.2, 0.25) is 0 Å². The van der Waals surface area contributed by atoms with E-state index >= 15 is 0 Å². The van der Waals surface area contributed by atoms with Crippen LogP contribution in [0.5, 0.6) is 0 Å². The highest BCUT2D eigenvalue weighted by Crippen LogP contribution is 2.35. The maximum Gasteiger partial charge on any atom is 0.0334 e. The maximum absolute atomic E-state index is 6.34. The molecule has 17 heavy (non-hydrogen) atoms. The summed E-state index contributed by atoms with van der Waals surface area (Å²) in [6.45, 7) is 1.13. The zero-order valence-corrected chi connectivity index (χ0v) is 11.2. The number of thiophene rings is 1. The lowest BCUT2D eigenvalue weighted by atomic mass is 9.89. The van der Waals surface area contributed by atoms with E-state index in [-0.39, 0.29) is 0 Å². The summed E-state index contributed by atoms with van der Waals surface area (Å²) in [6, 6.07) is 6.29. The van der Waals surface area contributed by atoms with Gasteiger partial charge in [-0.25, -0.2) is 0 Å². The van der Waals surface area contributed by atoms with E-state index in [9.17, 15) is 0 Å². The van der Waals surface area contributed by atoms with Gasteiger partial charge in [0.05, 0.1) is 0 Å². The largest absolute Gasteiger partial charge is 0.326 e. The van der Waals surface area contributed by atoms with Crippen molar-refractivity contribution in [1.82, 2.24) is 4.90 Å². The molecule has 1 heterocycles. The van der Waals surface area contributed by atoms with Crippen LogP contribution in [0, 0.1) is 0 Å². The summed E-state index contributed by atoms with van der Waals surface area (Å²) < 4.78 is 0. The van der Waals surface area contributed by atoms with Crippen LogP contribution >= 0.6 is 11.3 Å². The highest BCUT2D eigenvalue weighted by molar-refractivity contribution is 7.09. The van der Waals surface area contributed by atoms with Gasteiger partial charge in [0.25, 0.3) is 0 Å². The molecule has 94 valence electrons. The second-order valence-electron chi connectivity index (χ2n) is 5.50. The van der Waals surface area contributed by atoms with E-state index in [1.807, 2.05) is 11.3 Å². The Kier molecular flexibility index (Phi) is 3.50. The Morgan fingerprint density at radius 2 is 2.06 bits per heavy atom. The lowest BCUT2D eigenvalue weighted by molar-refractivity contribution is 0.122. The van der Waals surface area contributed by atoms with Gasteiger partial charge in [0.15, 0.2) is 0 Å². The monoisotopic (exact) mass is 250 g/mol. The molecule has 2 saturated carbocycles. The van der Waals surface area contributed by atoms with Crippen LogP contribution in [-0.2, 0) is 6.54 Å². The second-order valence-corrected chi connectivity index (χ2v) is 6.53. The third kappa shape index (κ3) is 2.72. The molecule has 2 atom stereocenters. The first-order valence-corrected chi connectivity index (χ1v) is 7.76. The summed E-state index contributed by atoms with van der Waals surface area (Å²) in [5, 5.41) is 2.18. The molecule has 3 rings (SSSR count). The minimum absolute atomic E-state index is 0.407. The third-order valence-corrected chi connectivity index (χ3v) is 5.00. The highest BCUT2D eigenvalue weighted by atomic mass is 32.1. The molecule has 2 fully saturated rings. The Balaban J connectivity index is 1.70. The van der Waals surface area contributed by atoms with Gasteiger partial charge in [-0.1, -0.05) is 18.9 Å². The van der Waals surface area contributed by atoms with E-state index in [1.165, 1.54) is 43.4 Å². The van der Waals surface area contributed by atoms with Crippen molar-refractivity contribution in [2.45, 2.75) is 63.2 Å². The fraction of sp³-hybridized carbons (Fsp3) is 0.714. The zero-order valence-electron chi connectivity index (χ0n) is 10.3. The summed E-state index contributed by atoms with van der Waals surface area (Å²) in [4.78, 5) is 4.20. The van der Waals surface area contributed by atoms with Crippen molar-refractivity contribution >= 4 is 11.3 Å². The van der Waals surface area contributed by atoms with Crippen molar-refractivity contribution in [1.29, 1.82) is 0 Å². The summed E-state index contributed by atoms with van der Waals surface area (Å²) >= 11 is 1.88. The van der Waals surface area contributed by atoms with Gasteiger partial charge in [0.1, 0.15) is 0 Å². The Labute approximate surface area is 108 Å². The molecule has 0 amide bonds. The molecule has 2 N–H and O–H groups in total. The molecular weight excluding hydrogens is 228 g/mol. The number of rotatable bonds is 4. The van der Waals surface area contributed by atoms with Crippen molar-refractivity contribution in [2.75, 3.05) is 0 Å². The first-order chi connectivity index (χ1) is 8.34. The minimum Gasteiger partial charge on any atom is -0.326 e. The summed E-state index contributed by atoms with van der Waals surface area (Å²) in [7, 11) is 0. The van der Waals surface area contributed by atoms with Gasteiger partial charge in [0.2, 0.25) is 0 Å². The molecule has 2 aliphatic rings. The molecule has 0 radical (unpaired) electrons. The Bertz CT molecular complexity index is 345. The number of hydrogen-bond acceptors (Lipinski definition) is 3. The van der Waals surface area contributed by atoms with Gasteiger partial charge in [-0.2, -0.15) is 0 Å². The Morgan fingerprint density at radius 3 is 2.71 bits per heavy atom. The molecule has 0 spiro atoms. The zero-order chi connectivity index (χ0) is 11.7. The van der Waals surface area contributed by atoms with Crippen molar-refractivity contribution in [3.63, 3.8) is 0 Å². The van der Waals surface area contributed by atoms with Crippen LogP contribution in [0.3, 0.4) is 0 Å². The van der Waals surface area contributed by atoms with E-state index < -0.39 is 0 Å². The SMILES string of the molecule is NC1CCCCC1N(Cc1cccs1)C1CC1. The van der Waals surface area contributed by atoms with Crippen molar-refractivity contribution in [3.05, 3.63) is 22.4 Å². The van der Waals surface area contributed by atoms with Crippen LogP contribution in [0.15, 0.2) is 17.5 Å². The number of nitrogens with zero attached hydrogens (tertiary/aromatic N) is 1. The van der Waals surface area contributed by atoms with Crippen molar-refractivity contribution in [2.24, 2.45) is 5.73 Å². The molecule has 2 aliphatic carbocycles. The molecule has 0 bridgehead atoms. The fourth-order valence-corrected chi connectivity index (χ4v) is 3.77. The summed E-state index contributed by atoms with van der Waals surface area (Å²) in [5.41, 5.74) is 6.34. The van der Waals surface area contributed by atoms with Gasteiger partial charge in [-0.05, 0) is 37.1 Å². The molecule has 2 unspecified atom stereocenters. The van der Waals surface area contributed by atoms with Crippen LogP contribution < -0.4 is 5.73 Å². The molecular formula is C14H22N2S. The normalized spacial score (nSPS) is 29.8. The van der Waals surface area contributed by atoms with Gasteiger partial charge in [0, 0.05) is 29.5 Å². The fourth-order valence-electron chi connectivity index (χ4n) is 3.06. The predicted molar refractivity (Wildman–Crippen MR) is 73.1 cm³/mol. The third-order valence-electron chi connectivity index (χ3n) is 4.14. The molecule has 1 aromatic rings. The Hall–Kier alpha value is -0.380. The summed E-state index contributed by atoms with van der Waals surface area (Å²) in [5.74, 6) is 0. The summed E-state index contributed by atoms with van der Waals surface area (Å²) in [6.07, 6.45) is 7.99. The van der Waals surface area contributed by atoms with Gasteiger partial charge in [-0.3, -0.25) is 4.90 Å². The Morgan fingerprint density at radius 1 is 1.24 bits per heavy atom. The highest BCUT2D eigenvalue weighted by Gasteiger charge is 2.37. The van der Waals surface area contributed by atoms with E-state index in [0.717, 1.165) is 12.6 Å². The van der Waals surface area contributed by atoms with Crippen molar-refractivity contribution < 1.29 is 0 Å². The van der Waals surface area contributed by atoms with Crippen LogP contribution in [0.4, 0.5) is 0 Å². The molecule has 0 saturated heterocycles. The lowest BCUT2D eigenvalue weighted by Crippen LogP contribution is -2.50. The molecule has 0 aliphatic heterocycles. The van der Waals surface area contributed by atoms with Crippen LogP contribution in [-0.4, -0.2) is 23.0 Å². The number of nitrogens with two attached hydrogens (primary N) is 1.